The number of benzene rings is 1. The van der Waals surface area contributed by atoms with Crippen molar-refractivity contribution in [2.45, 2.75) is 25.9 Å². The van der Waals surface area contributed by atoms with Crippen LogP contribution >= 0.6 is 0 Å². The highest BCUT2D eigenvalue weighted by Gasteiger charge is 2.25. The summed E-state index contributed by atoms with van der Waals surface area (Å²) in [7, 11) is 4.98. The first-order chi connectivity index (χ1) is 10.6. The topological polar surface area (TPSA) is 60.4 Å². The lowest BCUT2D eigenvalue weighted by atomic mass is 10.0. The molecule has 120 valence electrons. The maximum atomic E-state index is 11.6. The molecule has 0 N–H and O–H groups in total. The molecule has 0 saturated heterocycles. The molecule has 1 amide bonds. The van der Waals surface area contributed by atoms with Crippen molar-refractivity contribution in [3.63, 3.8) is 0 Å². The SMILES string of the molecule is CCC(=O)N(C)CC1CC(c2ccc(OC)c(OC)c2)=NO1. The molecule has 1 aromatic carbocycles. The van der Waals surface area contributed by atoms with E-state index in [2.05, 4.69) is 5.16 Å². The molecule has 22 heavy (non-hydrogen) atoms. The maximum absolute atomic E-state index is 11.6. The van der Waals surface area contributed by atoms with E-state index in [1.165, 1.54) is 0 Å². The summed E-state index contributed by atoms with van der Waals surface area (Å²) in [4.78, 5) is 18.7. The fourth-order valence-electron chi connectivity index (χ4n) is 2.39. The maximum Gasteiger partial charge on any atom is 0.222 e. The highest BCUT2D eigenvalue weighted by molar-refractivity contribution is 6.01. The number of hydrogen-bond acceptors (Lipinski definition) is 5. The summed E-state index contributed by atoms with van der Waals surface area (Å²) in [5, 5.41) is 4.14. The van der Waals surface area contributed by atoms with Crippen LogP contribution in [0.25, 0.3) is 0 Å². The van der Waals surface area contributed by atoms with Crippen LogP contribution in [-0.4, -0.2) is 50.4 Å². The second-order valence-corrected chi connectivity index (χ2v) is 5.17. The number of carbonyl (C=O) groups excluding carboxylic acids is 1. The van der Waals surface area contributed by atoms with Crippen molar-refractivity contribution < 1.29 is 19.1 Å². The molecule has 0 fully saturated rings. The van der Waals surface area contributed by atoms with Gasteiger partial charge in [-0.05, 0) is 18.2 Å². The van der Waals surface area contributed by atoms with E-state index >= 15 is 0 Å². The van der Waals surface area contributed by atoms with Crippen LogP contribution in [0.2, 0.25) is 0 Å². The normalized spacial score (nSPS) is 16.7. The molecule has 0 aliphatic carbocycles. The van der Waals surface area contributed by atoms with Gasteiger partial charge < -0.3 is 19.2 Å². The number of methoxy groups -OCH3 is 2. The molecule has 0 bridgehead atoms. The first-order valence-electron chi connectivity index (χ1n) is 7.28. The fraction of sp³-hybridized carbons (Fsp3) is 0.500. The second kappa shape index (κ2) is 7.15. The summed E-state index contributed by atoms with van der Waals surface area (Å²) in [6, 6.07) is 5.65. The monoisotopic (exact) mass is 306 g/mol. The number of hydrogen-bond donors (Lipinski definition) is 0. The molecule has 6 nitrogen and oxygen atoms in total. The van der Waals surface area contributed by atoms with E-state index in [9.17, 15) is 4.79 Å². The van der Waals surface area contributed by atoms with Gasteiger partial charge in [-0.25, -0.2) is 0 Å². The minimum Gasteiger partial charge on any atom is -0.493 e. The first-order valence-corrected chi connectivity index (χ1v) is 7.28. The third-order valence-corrected chi connectivity index (χ3v) is 3.66. The number of ether oxygens (including phenoxy) is 2. The summed E-state index contributed by atoms with van der Waals surface area (Å²) in [6.45, 7) is 2.38. The van der Waals surface area contributed by atoms with Crippen molar-refractivity contribution >= 4 is 11.6 Å². The Morgan fingerprint density at radius 2 is 2.09 bits per heavy atom. The zero-order chi connectivity index (χ0) is 16.1. The molecule has 1 unspecified atom stereocenters. The van der Waals surface area contributed by atoms with Crippen LogP contribution in [0.5, 0.6) is 11.5 Å². The summed E-state index contributed by atoms with van der Waals surface area (Å²) in [5.74, 6) is 1.43. The predicted octanol–water partition coefficient (Wildman–Crippen LogP) is 2.07. The van der Waals surface area contributed by atoms with Gasteiger partial charge >= 0.3 is 0 Å². The van der Waals surface area contributed by atoms with Gasteiger partial charge in [0, 0.05) is 25.5 Å². The zero-order valence-electron chi connectivity index (χ0n) is 13.5. The molecule has 1 aromatic rings. The number of likely N-dealkylation sites (N-methyl/N-ethyl adjacent to an activating group) is 1. The Bertz CT molecular complexity index is 571. The van der Waals surface area contributed by atoms with Gasteiger partial charge in [-0.15, -0.1) is 0 Å². The van der Waals surface area contributed by atoms with E-state index in [1.807, 2.05) is 25.1 Å². The van der Waals surface area contributed by atoms with E-state index in [0.717, 1.165) is 11.3 Å². The molecule has 0 aromatic heterocycles. The molecule has 2 rings (SSSR count). The Labute approximate surface area is 130 Å². The van der Waals surface area contributed by atoms with Gasteiger partial charge in [0.1, 0.15) is 0 Å². The lowest BCUT2D eigenvalue weighted by Crippen LogP contribution is -2.34. The van der Waals surface area contributed by atoms with Crippen molar-refractivity contribution in [3.8, 4) is 11.5 Å². The first kappa shape index (κ1) is 16.1. The summed E-state index contributed by atoms with van der Waals surface area (Å²) in [5.41, 5.74) is 1.79. The molecule has 1 atom stereocenters. The van der Waals surface area contributed by atoms with Gasteiger partial charge in [-0.3, -0.25) is 4.79 Å². The standard InChI is InChI=1S/C16H22N2O4/c1-5-16(19)18(2)10-12-9-13(17-22-12)11-6-7-14(20-3)15(8-11)21-4/h6-8,12H,5,9-10H2,1-4H3. The minimum atomic E-state index is -0.108. The Morgan fingerprint density at radius 1 is 1.36 bits per heavy atom. The molecule has 0 saturated carbocycles. The zero-order valence-corrected chi connectivity index (χ0v) is 13.5. The average Bonchev–Trinajstić information content (AvgIpc) is 3.01. The van der Waals surface area contributed by atoms with Crippen molar-refractivity contribution in [2.75, 3.05) is 27.8 Å². The highest BCUT2D eigenvalue weighted by atomic mass is 16.6. The highest BCUT2D eigenvalue weighted by Crippen LogP contribution is 2.29. The summed E-state index contributed by atoms with van der Waals surface area (Å²) in [6.07, 6.45) is 1.05. The van der Waals surface area contributed by atoms with E-state index in [0.29, 0.717) is 30.9 Å². The van der Waals surface area contributed by atoms with Crippen LogP contribution in [0.1, 0.15) is 25.3 Å². The lowest BCUT2D eigenvalue weighted by molar-refractivity contribution is -0.131. The summed E-state index contributed by atoms with van der Waals surface area (Å²) < 4.78 is 10.5. The molecule has 6 heteroatoms. The van der Waals surface area contributed by atoms with Gasteiger partial charge in [-0.2, -0.15) is 0 Å². The van der Waals surface area contributed by atoms with Crippen molar-refractivity contribution in [1.29, 1.82) is 0 Å². The Kier molecular flexibility index (Phi) is 5.25. The van der Waals surface area contributed by atoms with Crippen LogP contribution < -0.4 is 9.47 Å². The molecule has 0 spiro atoms. The molecular formula is C16H22N2O4. The van der Waals surface area contributed by atoms with E-state index < -0.39 is 0 Å². The smallest absolute Gasteiger partial charge is 0.222 e. The van der Waals surface area contributed by atoms with E-state index in [4.69, 9.17) is 14.3 Å². The van der Waals surface area contributed by atoms with Crippen molar-refractivity contribution in [1.82, 2.24) is 4.90 Å². The third-order valence-electron chi connectivity index (χ3n) is 3.66. The molecule has 1 heterocycles. The van der Waals surface area contributed by atoms with Crippen LogP contribution in [0, 0.1) is 0 Å². The minimum absolute atomic E-state index is 0.100. The van der Waals surface area contributed by atoms with Gasteiger partial charge in [-0.1, -0.05) is 12.1 Å². The van der Waals surface area contributed by atoms with E-state index in [1.54, 1.807) is 26.2 Å². The third kappa shape index (κ3) is 3.50. The van der Waals surface area contributed by atoms with Gasteiger partial charge in [0.2, 0.25) is 5.91 Å². The molecule has 1 aliphatic rings. The number of oxime groups is 1. The number of rotatable bonds is 6. The quantitative estimate of drug-likeness (QED) is 0.807. The van der Waals surface area contributed by atoms with Crippen LogP contribution in [-0.2, 0) is 9.63 Å². The largest absolute Gasteiger partial charge is 0.493 e. The van der Waals surface area contributed by atoms with E-state index in [-0.39, 0.29) is 12.0 Å². The molecule has 1 aliphatic heterocycles. The molecular weight excluding hydrogens is 284 g/mol. The Balaban J connectivity index is 2.02. The van der Waals surface area contributed by atoms with Crippen molar-refractivity contribution in [3.05, 3.63) is 23.8 Å². The second-order valence-electron chi connectivity index (χ2n) is 5.17. The van der Waals surface area contributed by atoms with Gasteiger partial charge in [0.05, 0.1) is 26.5 Å². The van der Waals surface area contributed by atoms with Crippen LogP contribution in [0.15, 0.2) is 23.4 Å². The van der Waals surface area contributed by atoms with Crippen LogP contribution in [0.4, 0.5) is 0 Å². The van der Waals surface area contributed by atoms with Gasteiger partial charge in [0.15, 0.2) is 17.6 Å². The number of amides is 1. The number of carbonyl (C=O) groups is 1. The Hall–Kier alpha value is -2.24. The van der Waals surface area contributed by atoms with Crippen LogP contribution in [0.3, 0.4) is 0 Å². The van der Waals surface area contributed by atoms with Crippen molar-refractivity contribution in [2.24, 2.45) is 5.16 Å². The van der Waals surface area contributed by atoms with Gasteiger partial charge in [0.25, 0.3) is 0 Å². The number of nitrogens with zero attached hydrogens (tertiary/aromatic N) is 2. The predicted molar refractivity (Wildman–Crippen MR) is 83.5 cm³/mol. The summed E-state index contributed by atoms with van der Waals surface area (Å²) >= 11 is 0. The fourth-order valence-corrected chi connectivity index (χ4v) is 2.39. The Morgan fingerprint density at radius 3 is 2.73 bits per heavy atom. The molecule has 0 radical (unpaired) electrons. The average molecular weight is 306 g/mol. The lowest BCUT2D eigenvalue weighted by Gasteiger charge is -2.19.